The monoisotopic (exact) mass is 310 g/mol. The van der Waals surface area contributed by atoms with Crippen molar-refractivity contribution < 1.29 is 8.78 Å². The minimum absolute atomic E-state index is 0.00869. The molecule has 0 amide bonds. The molecule has 0 radical (unpaired) electrons. The van der Waals surface area contributed by atoms with Gasteiger partial charge in [-0.15, -0.1) is 0 Å². The Morgan fingerprint density at radius 1 is 1.64 bits per heavy atom. The molecule has 0 aliphatic heterocycles. The molecule has 0 aromatic carbocycles. The SMILES string of the molecule is N#CCc1cc(=O)c(C(F)F)c(I)[nH]1. The number of H-pyrrole nitrogens is 1. The lowest BCUT2D eigenvalue weighted by atomic mass is 10.2. The number of halogens is 3. The van der Waals surface area contributed by atoms with Crippen LogP contribution in [0.15, 0.2) is 10.9 Å². The Bertz CT molecular complexity index is 436. The van der Waals surface area contributed by atoms with Gasteiger partial charge >= 0.3 is 0 Å². The van der Waals surface area contributed by atoms with Crippen molar-refractivity contribution in [1.29, 1.82) is 5.26 Å². The summed E-state index contributed by atoms with van der Waals surface area (Å²) in [6, 6.07) is 2.86. The number of nitrogens with zero attached hydrogens (tertiary/aromatic N) is 1. The molecule has 0 atom stereocenters. The zero-order valence-corrected chi connectivity index (χ0v) is 9.01. The fraction of sp³-hybridized carbons (Fsp3) is 0.250. The number of hydrogen-bond donors (Lipinski definition) is 1. The van der Waals surface area contributed by atoms with E-state index in [0.717, 1.165) is 6.07 Å². The summed E-state index contributed by atoms with van der Waals surface area (Å²) in [7, 11) is 0. The highest BCUT2D eigenvalue weighted by molar-refractivity contribution is 14.1. The number of pyridine rings is 1. The summed E-state index contributed by atoms with van der Waals surface area (Å²) < 4.78 is 24.7. The third kappa shape index (κ3) is 2.29. The summed E-state index contributed by atoms with van der Waals surface area (Å²) in [5.74, 6) is 0. The van der Waals surface area contributed by atoms with E-state index in [0.29, 0.717) is 5.69 Å². The van der Waals surface area contributed by atoms with Gasteiger partial charge in [-0.3, -0.25) is 4.79 Å². The normalized spacial score (nSPS) is 10.2. The molecule has 1 aromatic rings. The molecular weight excluding hydrogens is 305 g/mol. The molecule has 74 valence electrons. The highest BCUT2D eigenvalue weighted by atomic mass is 127. The molecule has 0 aliphatic rings. The molecule has 1 N–H and O–H groups in total. The zero-order chi connectivity index (χ0) is 10.7. The van der Waals surface area contributed by atoms with E-state index >= 15 is 0 Å². The standard InChI is InChI=1S/C8H5F2IN2O/c9-7(10)6-5(14)3-4(1-2-12)13-8(6)11/h3,7H,1H2,(H,13,14). The number of aromatic amines is 1. The van der Waals surface area contributed by atoms with E-state index in [-0.39, 0.29) is 10.1 Å². The fourth-order valence-electron chi connectivity index (χ4n) is 0.972. The van der Waals surface area contributed by atoms with Gasteiger partial charge in [0.1, 0.15) is 0 Å². The van der Waals surface area contributed by atoms with Gasteiger partial charge < -0.3 is 4.98 Å². The Morgan fingerprint density at radius 2 is 2.29 bits per heavy atom. The third-order valence-electron chi connectivity index (χ3n) is 1.57. The molecule has 0 unspecified atom stereocenters. The Balaban J connectivity index is 3.27. The first-order chi connectivity index (χ1) is 6.56. The molecule has 0 spiro atoms. The lowest BCUT2D eigenvalue weighted by Crippen LogP contribution is -2.14. The van der Waals surface area contributed by atoms with Crippen LogP contribution in [-0.4, -0.2) is 4.98 Å². The molecule has 14 heavy (non-hydrogen) atoms. The van der Waals surface area contributed by atoms with Crippen molar-refractivity contribution >= 4 is 22.6 Å². The van der Waals surface area contributed by atoms with Crippen LogP contribution < -0.4 is 5.43 Å². The molecule has 3 nitrogen and oxygen atoms in total. The summed E-state index contributed by atoms with van der Waals surface area (Å²) >= 11 is 1.62. The van der Waals surface area contributed by atoms with Crippen molar-refractivity contribution in [3.63, 3.8) is 0 Å². The maximum Gasteiger partial charge on any atom is 0.270 e. The largest absolute Gasteiger partial charge is 0.352 e. The first kappa shape index (κ1) is 11.1. The first-order valence-corrected chi connectivity index (χ1v) is 4.71. The Morgan fingerprint density at radius 3 is 2.71 bits per heavy atom. The quantitative estimate of drug-likeness (QED) is 0.671. The van der Waals surface area contributed by atoms with Crippen LogP contribution >= 0.6 is 22.6 Å². The topological polar surface area (TPSA) is 56.6 Å². The van der Waals surface area contributed by atoms with Gasteiger partial charge in [0.05, 0.1) is 21.8 Å². The average molecular weight is 310 g/mol. The summed E-state index contributed by atoms with van der Waals surface area (Å²) in [5, 5.41) is 8.36. The van der Waals surface area contributed by atoms with E-state index in [1.807, 2.05) is 6.07 Å². The maximum atomic E-state index is 12.3. The van der Waals surface area contributed by atoms with Crippen LogP contribution in [0, 0.1) is 15.0 Å². The minimum atomic E-state index is -2.79. The average Bonchev–Trinajstić information content (AvgIpc) is 2.01. The fourth-order valence-corrected chi connectivity index (χ4v) is 1.82. The smallest absolute Gasteiger partial charge is 0.270 e. The van der Waals surface area contributed by atoms with Crippen LogP contribution in [-0.2, 0) is 6.42 Å². The second-order valence-corrected chi connectivity index (χ2v) is 3.60. The van der Waals surface area contributed by atoms with Crippen molar-refractivity contribution in [2.24, 2.45) is 0 Å². The number of hydrogen-bond acceptors (Lipinski definition) is 2. The molecule has 0 bridgehead atoms. The van der Waals surface area contributed by atoms with Gasteiger partial charge in [-0.2, -0.15) is 5.26 Å². The van der Waals surface area contributed by atoms with E-state index in [9.17, 15) is 13.6 Å². The Hall–Kier alpha value is -0.970. The van der Waals surface area contributed by atoms with E-state index in [4.69, 9.17) is 5.26 Å². The predicted molar refractivity (Wildman–Crippen MR) is 54.1 cm³/mol. The molecule has 0 fully saturated rings. The highest BCUT2D eigenvalue weighted by Gasteiger charge is 2.16. The summed E-state index contributed by atoms with van der Waals surface area (Å²) in [4.78, 5) is 13.7. The number of nitrogens with one attached hydrogen (secondary N) is 1. The van der Waals surface area contributed by atoms with Gasteiger partial charge in [0.2, 0.25) is 0 Å². The van der Waals surface area contributed by atoms with Crippen LogP contribution in [0.5, 0.6) is 0 Å². The molecule has 0 aliphatic carbocycles. The van der Waals surface area contributed by atoms with Crippen LogP contribution in [0.2, 0.25) is 0 Å². The number of aromatic nitrogens is 1. The minimum Gasteiger partial charge on any atom is -0.352 e. The van der Waals surface area contributed by atoms with Gasteiger partial charge in [-0.05, 0) is 22.6 Å². The van der Waals surface area contributed by atoms with Gasteiger partial charge in [-0.1, -0.05) is 0 Å². The molecular formula is C8H5F2IN2O. The lowest BCUT2D eigenvalue weighted by molar-refractivity contribution is 0.148. The molecule has 1 rings (SSSR count). The van der Waals surface area contributed by atoms with E-state index in [1.165, 1.54) is 0 Å². The first-order valence-electron chi connectivity index (χ1n) is 3.63. The third-order valence-corrected chi connectivity index (χ3v) is 2.42. The van der Waals surface area contributed by atoms with Crippen LogP contribution in [0.1, 0.15) is 17.7 Å². The number of alkyl halides is 2. The highest BCUT2D eigenvalue weighted by Crippen LogP contribution is 2.19. The van der Waals surface area contributed by atoms with Crippen LogP contribution in [0.4, 0.5) is 8.78 Å². The maximum absolute atomic E-state index is 12.3. The van der Waals surface area contributed by atoms with Crippen molar-refractivity contribution in [2.45, 2.75) is 12.8 Å². The van der Waals surface area contributed by atoms with Crippen LogP contribution in [0.3, 0.4) is 0 Å². The van der Waals surface area contributed by atoms with Crippen molar-refractivity contribution in [3.05, 3.63) is 31.2 Å². The van der Waals surface area contributed by atoms with E-state index < -0.39 is 17.4 Å². The van der Waals surface area contributed by atoms with Gasteiger partial charge in [-0.25, -0.2) is 8.78 Å². The number of nitriles is 1. The Labute approximate surface area is 91.9 Å². The van der Waals surface area contributed by atoms with E-state index in [2.05, 4.69) is 4.98 Å². The second-order valence-electron chi connectivity index (χ2n) is 2.52. The Kier molecular flexibility index (Phi) is 3.57. The summed E-state index contributed by atoms with van der Waals surface area (Å²) in [6.07, 6.45) is -2.78. The van der Waals surface area contributed by atoms with Crippen molar-refractivity contribution in [1.82, 2.24) is 4.98 Å². The molecule has 0 saturated heterocycles. The molecule has 0 saturated carbocycles. The van der Waals surface area contributed by atoms with E-state index in [1.54, 1.807) is 22.6 Å². The predicted octanol–water partition coefficient (Wildman–Crippen LogP) is 1.98. The van der Waals surface area contributed by atoms with Gasteiger partial charge in [0, 0.05) is 11.8 Å². The number of rotatable bonds is 2. The van der Waals surface area contributed by atoms with Crippen molar-refractivity contribution in [2.75, 3.05) is 0 Å². The molecule has 6 heteroatoms. The van der Waals surface area contributed by atoms with Crippen molar-refractivity contribution in [3.8, 4) is 6.07 Å². The lowest BCUT2D eigenvalue weighted by Gasteiger charge is -2.03. The molecule has 1 aromatic heterocycles. The van der Waals surface area contributed by atoms with Crippen LogP contribution in [0.25, 0.3) is 0 Å². The summed E-state index contributed by atoms with van der Waals surface area (Å²) in [5.41, 5.74) is -0.910. The van der Waals surface area contributed by atoms with Gasteiger partial charge in [0.15, 0.2) is 5.43 Å². The van der Waals surface area contributed by atoms with Gasteiger partial charge in [0.25, 0.3) is 6.43 Å². The summed E-state index contributed by atoms with van der Waals surface area (Å²) in [6.45, 7) is 0. The zero-order valence-electron chi connectivity index (χ0n) is 6.85. The molecule has 1 heterocycles. The second kappa shape index (κ2) is 4.50.